The fourth-order valence-corrected chi connectivity index (χ4v) is 2.64. The van der Waals surface area contributed by atoms with Crippen LogP contribution < -0.4 is 14.8 Å². The molecule has 0 spiro atoms. The maximum absolute atomic E-state index is 12.3. The Morgan fingerprint density at radius 3 is 2.67 bits per heavy atom. The summed E-state index contributed by atoms with van der Waals surface area (Å²) in [5.41, 5.74) is 1.83. The molecule has 30 heavy (non-hydrogen) atoms. The maximum Gasteiger partial charge on any atom is 0.338 e. The zero-order valence-corrected chi connectivity index (χ0v) is 16.9. The Balaban J connectivity index is 1.55. The summed E-state index contributed by atoms with van der Waals surface area (Å²) in [6.07, 6.45) is 1.51. The van der Waals surface area contributed by atoms with Gasteiger partial charge in [0.05, 0.1) is 36.7 Å². The van der Waals surface area contributed by atoms with Crippen molar-refractivity contribution in [2.24, 2.45) is 0 Å². The maximum atomic E-state index is 12.3. The number of rotatable bonds is 9. The molecular weight excluding hydrogens is 392 g/mol. The van der Waals surface area contributed by atoms with Crippen LogP contribution in [0.5, 0.6) is 11.5 Å². The number of amides is 1. The standard InChI is InChI=1S/C21H22N2O7/c1-13-17(14(2)30-23-13)11-28-18-7-6-15(9-19(18)26-3)21(25)29-12-20(24)22-10-16-5-4-8-27-16/h4-9H,10-12H2,1-3H3,(H,22,24). The zero-order valence-electron chi connectivity index (χ0n) is 16.9. The summed E-state index contributed by atoms with van der Waals surface area (Å²) in [4.78, 5) is 24.1. The van der Waals surface area contributed by atoms with Crippen molar-refractivity contribution in [3.63, 3.8) is 0 Å². The van der Waals surface area contributed by atoms with Gasteiger partial charge in [0.25, 0.3) is 5.91 Å². The quantitative estimate of drug-likeness (QED) is 0.532. The highest BCUT2D eigenvalue weighted by Gasteiger charge is 2.16. The summed E-state index contributed by atoms with van der Waals surface area (Å²) in [5.74, 6) is 0.997. The van der Waals surface area contributed by atoms with Gasteiger partial charge in [-0.15, -0.1) is 0 Å². The van der Waals surface area contributed by atoms with Gasteiger partial charge in [0.1, 0.15) is 18.1 Å². The molecule has 3 aromatic rings. The van der Waals surface area contributed by atoms with Crippen LogP contribution in [0.2, 0.25) is 0 Å². The van der Waals surface area contributed by atoms with Crippen molar-refractivity contribution in [1.82, 2.24) is 10.5 Å². The van der Waals surface area contributed by atoms with Crippen molar-refractivity contribution >= 4 is 11.9 Å². The molecule has 0 radical (unpaired) electrons. The summed E-state index contributed by atoms with van der Waals surface area (Å²) >= 11 is 0. The van der Waals surface area contributed by atoms with E-state index < -0.39 is 18.5 Å². The number of benzene rings is 1. The molecule has 1 amide bonds. The van der Waals surface area contributed by atoms with Crippen LogP contribution >= 0.6 is 0 Å². The van der Waals surface area contributed by atoms with Crippen LogP contribution in [0.15, 0.2) is 45.5 Å². The lowest BCUT2D eigenvalue weighted by molar-refractivity contribution is -0.124. The highest BCUT2D eigenvalue weighted by Crippen LogP contribution is 2.29. The molecule has 1 N–H and O–H groups in total. The van der Waals surface area contributed by atoms with Crippen LogP contribution in [0.4, 0.5) is 0 Å². The van der Waals surface area contributed by atoms with Gasteiger partial charge in [-0.1, -0.05) is 5.16 Å². The summed E-state index contributed by atoms with van der Waals surface area (Å²) in [6.45, 7) is 3.69. The number of nitrogens with zero attached hydrogens (tertiary/aromatic N) is 1. The first-order valence-corrected chi connectivity index (χ1v) is 9.16. The Bertz CT molecular complexity index is 989. The summed E-state index contributed by atoms with van der Waals surface area (Å²) in [6, 6.07) is 8.08. The molecule has 0 aliphatic carbocycles. The van der Waals surface area contributed by atoms with Gasteiger partial charge in [0.2, 0.25) is 0 Å². The summed E-state index contributed by atoms with van der Waals surface area (Å²) in [7, 11) is 1.47. The molecule has 0 saturated heterocycles. The largest absolute Gasteiger partial charge is 0.493 e. The van der Waals surface area contributed by atoms with Gasteiger partial charge in [-0.3, -0.25) is 4.79 Å². The number of esters is 1. The van der Waals surface area contributed by atoms with E-state index in [-0.39, 0.29) is 18.7 Å². The van der Waals surface area contributed by atoms with Crippen LogP contribution in [0.1, 0.15) is 33.1 Å². The molecule has 9 nitrogen and oxygen atoms in total. The van der Waals surface area contributed by atoms with E-state index in [4.69, 9.17) is 23.2 Å². The van der Waals surface area contributed by atoms with Crippen molar-refractivity contribution in [2.75, 3.05) is 13.7 Å². The Kier molecular flexibility index (Phi) is 6.74. The molecule has 3 rings (SSSR count). The van der Waals surface area contributed by atoms with E-state index in [9.17, 15) is 9.59 Å². The van der Waals surface area contributed by atoms with Crippen LogP contribution in [0, 0.1) is 13.8 Å². The molecule has 0 aliphatic rings. The van der Waals surface area contributed by atoms with E-state index in [2.05, 4.69) is 10.5 Å². The first kappa shape index (κ1) is 21.0. The molecule has 0 unspecified atom stereocenters. The second kappa shape index (κ2) is 9.64. The van der Waals surface area contributed by atoms with E-state index in [1.165, 1.54) is 25.5 Å². The van der Waals surface area contributed by atoms with Gasteiger partial charge < -0.3 is 28.5 Å². The highest BCUT2D eigenvalue weighted by molar-refractivity contribution is 5.92. The number of aryl methyl sites for hydroxylation is 2. The zero-order chi connectivity index (χ0) is 21.5. The number of carbonyl (C=O) groups is 2. The average molecular weight is 414 g/mol. The fraction of sp³-hybridized carbons (Fsp3) is 0.286. The summed E-state index contributed by atoms with van der Waals surface area (Å²) in [5, 5.41) is 6.48. The predicted molar refractivity (Wildman–Crippen MR) is 104 cm³/mol. The van der Waals surface area contributed by atoms with Crippen molar-refractivity contribution in [1.29, 1.82) is 0 Å². The normalized spacial score (nSPS) is 10.5. The molecule has 0 aliphatic heterocycles. The molecule has 0 saturated carbocycles. The third kappa shape index (κ3) is 5.19. The third-order valence-electron chi connectivity index (χ3n) is 4.33. The Morgan fingerprint density at radius 1 is 1.17 bits per heavy atom. The van der Waals surface area contributed by atoms with E-state index in [0.29, 0.717) is 23.0 Å². The van der Waals surface area contributed by atoms with E-state index in [1.54, 1.807) is 25.1 Å². The fourth-order valence-electron chi connectivity index (χ4n) is 2.64. The molecule has 1 aromatic carbocycles. The number of aromatic nitrogens is 1. The molecule has 9 heteroatoms. The van der Waals surface area contributed by atoms with Gasteiger partial charge in [-0.25, -0.2) is 4.79 Å². The van der Waals surface area contributed by atoms with Crippen molar-refractivity contribution < 1.29 is 32.7 Å². The van der Waals surface area contributed by atoms with E-state index >= 15 is 0 Å². The third-order valence-corrected chi connectivity index (χ3v) is 4.33. The molecule has 2 aromatic heterocycles. The molecule has 2 heterocycles. The van der Waals surface area contributed by atoms with E-state index in [0.717, 1.165) is 11.3 Å². The summed E-state index contributed by atoms with van der Waals surface area (Å²) < 4.78 is 26.4. The number of nitrogens with one attached hydrogen (secondary N) is 1. The lowest BCUT2D eigenvalue weighted by Gasteiger charge is -2.12. The first-order valence-electron chi connectivity index (χ1n) is 9.16. The minimum Gasteiger partial charge on any atom is -0.493 e. The molecule has 158 valence electrons. The van der Waals surface area contributed by atoms with Crippen molar-refractivity contribution in [3.8, 4) is 11.5 Å². The molecule has 0 bridgehead atoms. The predicted octanol–water partition coefficient (Wildman–Crippen LogP) is 2.95. The minimum absolute atomic E-state index is 0.217. The van der Waals surface area contributed by atoms with Gasteiger partial charge in [0, 0.05) is 0 Å². The van der Waals surface area contributed by atoms with Gasteiger partial charge in [-0.2, -0.15) is 0 Å². The van der Waals surface area contributed by atoms with Gasteiger partial charge in [0.15, 0.2) is 18.1 Å². The number of carbonyl (C=O) groups excluding carboxylic acids is 2. The lowest BCUT2D eigenvalue weighted by Crippen LogP contribution is -2.28. The number of hydrogen-bond acceptors (Lipinski definition) is 8. The van der Waals surface area contributed by atoms with Crippen LogP contribution in [0.25, 0.3) is 0 Å². The van der Waals surface area contributed by atoms with Crippen molar-refractivity contribution in [2.45, 2.75) is 27.0 Å². The molecule has 0 atom stereocenters. The Labute approximate surface area is 172 Å². The van der Waals surface area contributed by atoms with Gasteiger partial charge >= 0.3 is 5.97 Å². The van der Waals surface area contributed by atoms with Crippen LogP contribution in [-0.4, -0.2) is 30.7 Å². The molecule has 0 fully saturated rings. The Hall–Kier alpha value is -3.75. The van der Waals surface area contributed by atoms with Gasteiger partial charge in [-0.05, 0) is 44.2 Å². The number of hydrogen-bond donors (Lipinski definition) is 1. The SMILES string of the molecule is COc1cc(C(=O)OCC(=O)NCc2ccco2)ccc1OCc1c(C)noc1C. The monoisotopic (exact) mass is 414 g/mol. The highest BCUT2D eigenvalue weighted by atomic mass is 16.5. The van der Waals surface area contributed by atoms with E-state index in [1.807, 2.05) is 6.92 Å². The minimum atomic E-state index is -0.654. The number of methoxy groups -OCH3 is 1. The van der Waals surface area contributed by atoms with Crippen molar-refractivity contribution in [3.05, 3.63) is 64.9 Å². The number of furan rings is 1. The second-order valence-electron chi connectivity index (χ2n) is 6.39. The topological polar surface area (TPSA) is 113 Å². The molecular formula is C21H22N2O7. The first-order chi connectivity index (χ1) is 14.5. The smallest absolute Gasteiger partial charge is 0.338 e. The van der Waals surface area contributed by atoms with Crippen LogP contribution in [-0.2, 0) is 22.7 Å². The Morgan fingerprint density at radius 2 is 2.00 bits per heavy atom. The second-order valence-corrected chi connectivity index (χ2v) is 6.39. The van der Waals surface area contributed by atoms with Crippen LogP contribution in [0.3, 0.4) is 0 Å². The number of ether oxygens (including phenoxy) is 3. The average Bonchev–Trinajstić information content (AvgIpc) is 3.38. The lowest BCUT2D eigenvalue weighted by atomic mass is 10.2.